The van der Waals surface area contributed by atoms with Gasteiger partial charge in [-0.1, -0.05) is 18.2 Å². The standard InChI is InChI=1S/C16H23N3/c1-12-5-6-15(11-13(12)2)14(3)17-9-7-16-8-10-18-19(16)4/h5-6,8,10-11,14,17H,7,9H2,1-4H3. The number of aromatic nitrogens is 2. The Labute approximate surface area is 115 Å². The number of benzene rings is 1. The van der Waals surface area contributed by atoms with Gasteiger partial charge in [-0.05, 0) is 43.5 Å². The van der Waals surface area contributed by atoms with Crippen LogP contribution in [-0.2, 0) is 13.5 Å². The van der Waals surface area contributed by atoms with Crippen molar-refractivity contribution < 1.29 is 0 Å². The summed E-state index contributed by atoms with van der Waals surface area (Å²) in [5.41, 5.74) is 5.33. The molecule has 1 unspecified atom stereocenters. The van der Waals surface area contributed by atoms with E-state index in [1.165, 1.54) is 22.4 Å². The molecule has 102 valence electrons. The van der Waals surface area contributed by atoms with E-state index in [0.717, 1.165) is 13.0 Å². The van der Waals surface area contributed by atoms with Crippen molar-refractivity contribution in [3.05, 3.63) is 52.8 Å². The van der Waals surface area contributed by atoms with Gasteiger partial charge in [0.1, 0.15) is 0 Å². The fourth-order valence-electron chi connectivity index (χ4n) is 2.22. The third kappa shape index (κ3) is 3.44. The lowest BCUT2D eigenvalue weighted by Crippen LogP contribution is -2.22. The summed E-state index contributed by atoms with van der Waals surface area (Å²) in [7, 11) is 1.99. The highest BCUT2D eigenvalue weighted by atomic mass is 15.3. The molecule has 0 bridgehead atoms. The van der Waals surface area contributed by atoms with Crippen LogP contribution in [0.15, 0.2) is 30.5 Å². The van der Waals surface area contributed by atoms with Crippen molar-refractivity contribution in [2.24, 2.45) is 7.05 Å². The summed E-state index contributed by atoms with van der Waals surface area (Å²) in [4.78, 5) is 0. The number of hydrogen-bond donors (Lipinski definition) is 1. The molecule has 1 atom stereocenters. The molecule has 1 aromatic carbocycles. The van der Waals surface area contributed by atoms with Gasteiger partial charge in [0.05, 0.1) is 0 Å². The summed E-state index contributed by atoms with van der Waals surface area (Å²) in [6.07, 6.45) is 2.85. The van der Waals surface area contributed by atoms with Crippen LogP contribution in [-0.4, -0.2) is 16.3 Å². The average Bonchev–Trinajstić information content (AvgIpc) is 2.78. The highest BCUT2D eigenvalue weighted by Crippen LogP contribution is 2.16. The van der Waals surface area contributed by atoms with Gasteiger partial charge in [0, 0.05) is 37.9 Å². The van der Waals surface area contributed by atoms with Crippen molar-refractivity contribution in [1.29, 1.82) is 0 Å². The van der Waals surface area contributed by atoms with Crippen molar-refractivity contribution in [3.63, 3.8) is 0 Å². The number of nitrogens with zero attached hydrogens (tertiary/aromatic N) is 2. The van der Waals surface area contributed by atoms with Crippen LogP contribution >= 0.6 is 0 Å². The zero-order valence-electron chi connectivity index (χ0n) is 12.3. The summed E-state index contributed by atoms with van der Waals surface area (Å²) < 4.78 is 1.93. The van der Waals surface area contributed by atoms with Gasteiger partial charge in [0.15, 0.2) is 0 Å². The highest BCUT2D eigenvalue weighted by molar-refractivity contribution is 5.31. The van der Waals surface area contributed by atoms with E-state index < -0.39 is 0 Å². The molecule has 2 rings (SSSR count). The minimum atomic E-state index is 0.382. The largest absolute Gasteiger partial charge is 0.310 e. The molecule has 0 radical (unpaired) electrons. The van der Waals surface area contributed by atoms with Crippen LogP contribution in [0, 0.1) is 13.8 Å². The van der Waals surface area contributed by atoms with Gasteiger partial charge in [-0.3, -0.25) is 4.68 Å². The Hall–Kier alpha value is -1.61. The molecule has 0 amide bonds. The first-order valence-electron chi connectivity index (χ1n) is 6.85. The van der Waals surface area contributed by atoms with Crippen LogP contribution in [0.2, 0.25) is 0 Å². The molecule has 1 heterocycles. The molecular weight excluding hydrogens is 234 g/mol. The third-order valence-electron chi connectivity index (χ3n) is 3.79. The smallest absolute Gasteiger partial charge is 0.0492 e. The van der Waals surface area contributed by atoms with Crippen LogP contribution in [0.3, 0.4) is 0 Å². The molecule has 0 aliphatic rings. The summed E-state index contributed by atoms with van der Waals surface area (Å²) in [6.45, 7) is 7.50. The summed E-state index contributed by atoms with van der Waals surface area (Å²) >= 11 is 0. The molecule has 3 heteroatoms. The molecule has 0 saturated heterocycles. The highest BCUT2D eigenvalue weighted by Gasteiger charge is 2.06. The lowest BCUT2D eigenvalue weighted by molar-refractivity contribution is 0.563. The van der Waals surface area contributed by atoms with Gasteiger partial charge in [-0.25, -0.2) is 0 Å². The van der Waals surface area contributed by atoms with Crippen molar-refractivity contribution in [3.8, 4) is 0 Å². The molecule has 0 spiro atoms. The monoisotopic (exact) mass is 257 g/mol. The second-order valence-corrected chi connectivity index (χ2v) is 5.22. The van der Waals surface area contributed by atoms with E-state index in [9.17, 15) is 0 Å². The molecule has 0 aliphatic carbocycles. The van der Waals surface area contributed by atoms with E-state index >= 15 is 0 Å². The summed E-state index contributed by atoms with van der Waals surface area (Å²) in [5, 5.41) is 7.75. The number of aryl methyl sites for hydroxylation is 3. The SMILES string of the molecule is Cc1ccc(C(C)NCCc2ccnn2C)cc1C. The Morgan fingerprint density at radius 2 is 2.00 bits per heavy atom. The topological polar surface area (TPSA) is 29.9 Å². The van der Waals surface area contributed by atoms with Crippen molar-refractivity contribution in [1.82, 2.24) is 15.1 Å². The van der Waals surface area contributed by atoms with Gasteiger partial charge < -0.3 is 5.32 Å². The zero-order valence-corrected chi connectivity index (χ0v) is 12.3. The summed E-state index contributed by atoms with van der Waals surface area (Å²) in [5.74, 6) is 0. The number of hydrogen-bond acceptors (Lipinski definition) is 2. The molecule has 0 aliphatic heterocycles. The number of rotatable bonds is 5. The first-order chi connectivity index (χ1) is 9.08. The van der Waals surface area contributed by atoms with E-state index in [-0.39, 0.29) is 0 Å². The third-order valence-corrected chi connectivity index (χ3v) is 3.79. The lowest BCUT2D eigenvalue weighted by atomic mass is 10.0. The fraction of sp³-hybridized carbons (Fsp3) is 0.438. The molecule has 1 aromatic heterocycles. The molecule has 19 heavy (non-hydrogen) atoms. The maximum atomic E-state index is 4.18. The van der Waals surface area contributed by atoms with Crippen LogP contribution < -0.4 is 5.32 Å². The minimum Gasteiger partial charge on any atom is -0.310 e. The molecule has 3 nitrogen and oxygen atoms in total. The van der Waals surface area contributed by atoms with Crippen LogP contribution in [0.1, 0.15) is 35.3 Å². The first kappa shape index (κ1) is 13.8. The zero-order chi connectivity index (χ0) is 13.8. The fourth-order valence-corrected chi connectivity index (χ4v) is 2.22. The van der Waals surface area contributed by atoms with E-state index in [1.807, 2.05) is 17.9 Å². The Balaban J connectivity index is 1.89. The Morgan fingerprint density at radius 1 is 1.21 bits per heavy atom. The molecule has 0 saturated carbocycles. The quantitative estimate of drug-likeness (QED) is 0.892. The normalized spacial score (nSPS) is 12.6. The molecule has 2 aromatic rings. The summed E-state index contributed by atoms with van der Waals surface area (Å²) in [6, 6.07) is 9.14. The van der Waals surface area contributed by atoms with Gasteiger partial charge in [-0.15, -0.1) is 0 Å². The van der Waals surface area contributed by atoms with E-state index in [4.69, 9.17) is 0 Å². The number of nitrogens with one attached hydrogen (secondary N) is 1. The Kier molecular flexibility index (Phi) is 4.38. The molecular formula is C16H23N3. The first-order valence-corrected chi connectivity index (χ1v) is 6.85. The maximum Gasteiger partial charge on any atom is 0.0492 e. The average molecular weight is 257 g/mol. The van der Waals surface area contributed by atoms with Crippen LogP contribution in [0.5, 0.6) is 0 Å². The van der Waals surface area contributed by atoms with Gasteiger partial charge in [-0.2, -0.15) is 5.10 Å². The van der Waals surface area contributed by atoms with E-state index in [1.54, 1.807) is 0 Å². The Bertz CT molecular complexity index is 543. The predicted molar refractivity (Wildman–Crippen MR) is 79.2 cm³/mol. The van der Waals surface area contributed by atoms with Crippen molar-refractivity contribution >= 4 is 0 Å². The van der Waals surface area contributed by atoms with Crippen LogP contribution in [0.4, 0.5) is 0 Å². The second kappa shape index (κ2) is 6.02. The molecule has 1 N–H and O–H groups in total. The van der Waals surface area contributed by atoms with Gasteiger partial charge in [0.25, 0.3) is 0 Å². The molecule has 0 fully saturated rings. The van der Waals surface area contributed by atoms with Crippen LogP contribution in [0.25, 0.3) is 0 Å². The Morgan fingerprint density at radius 3 is 2.63 bits per heavy atom. The van der Waals surface area contributed by atoms with Crippen molar-refractivity contribution in [2.45, 2.75) is 33.2 Å². The predicted octanol–water partition coefficient (Wildman–Crippen LogP) is 2.93. The maximum absolute atomic E-state index is 4.18. The second-order valence-electron chi connectivity index (χ2n) is 5.22. The minimum absolute atomic E-state index is 0.382. The van der Waals surface area contributed by atoms with Gasteiger partial charge >= 0.3 is 0 Å². The van der Waals surface area contributed by atoms with E-state index in [0.29, 0.717) is 6.04 Å². The van der Waals surface area contributed by atoms with Crippen molar-refractivity contribution in [2.75, 3.05) is 6.54 Å². The lowest BCUT2D eigenvalue weighted by Gasteiger charge is -2.15. The van der Waals surface area contributed by atoms with Gasteiger partial charge in [0.2, 0.25) is 0 Å². The van der Waals surface area contributed by atoms with E-state index in [2.05, 4.69) is 55.5 Å².